The van der Waals surface area contributed by atoms with E-state index in [1.807, 2.05) is 11.5 Å². The molecule has 100 valence electrons. The Balaban J connectivity index is 1.99. The van der Waals surface area contributed by atoms with Crippen molar-refractivity contribution >= 4 is 0 Å². The Morgan fingerprint density at radius 1 is 1.21 bits per heavy atom. The number of nitrogens with zero attached hydrogens (tertiary/aromatic N) is 2. The topological polar surface area (TPSA) is 17.8 Å². The zero-order chi connectivity index (χ0) is 13.4. The van der Waals surface area contributed by atoms with Crippen LogP contribution in [0.1, 0.15) is 35.6 Å². The largest absolute Gasteiger partial charge is 0.327 e. The van der Waals surface area contributed by atoms with Crippen LogP contribution in [-0.4, -0.2) is 9.55 Å². The van der Waals surface area contributed by atoms with Crippen molar-refractivity contribution in [3.05, 3.63) is 52.6 Å². The molecule has 1 aliphatic carbocycles. The average molecular weight is 262 g/mol. The number of imidazole rings is 1. The molecule has 0 saturated carbocycles. The summed E-state index contributed by atoms with van der Waals surface area (Å²) < 4.78 is 29.0. The van der Waals surface area contributed by atoms with Crippen LogP contribution in [0.2, 0.25) is 0 Å². The Morgan fingerprint density at radius 3 is 2.84 bits per heavy atom. The maximum absolute atomic E-state index is 13.7. The zero-order valence-corrected chi connectivity index (χ0v) is 10.9. The van der Waals surface area contributed by atoms with Crippen LogP contribution >= 0.6 is 0 Å². The van der Waals surface area contributed by atoms with Crippen molar-refractivity contribution in [1.82, 2.24) is 9.55 Å². The van der Waals surface area contributed by atoms with Crippen molar-refractivity contribution < 1.29 is 8.78 Å². The summed E-state index contributed by atoms with van der Waals surface area (Å²) in [6.07, 6.45) is 4.28. The number of hydrogen-bond acceptors (Lipinski definition) is 1. The summed E-state index contributed by atoms with van der Waals surface area (Å²) in [5.74, 6) is 0.123. The normalized spacial score (nSPS) is 14.5. The number of fused-ring (bicyclic) bond motifs is 1. The smallest absolute Gasteiger partial charge is 0.128 e. The number of halogens is 2. The van der Waals surface area contributed by atoms with Gasteiger partial charge in [-0.3, -0.25) is 0 Å². The molecule has 0 saturated heterocycles. The second kappa shape index (κ2) is 4.76. The number of hydrogen-bond donors (Lipinski definition) is 0. The SMILES string of the molecule is Cc1nc2c(n1Cc1cc(F)ccc1F)CCCC2. The molecule has 0 atom stereocenters. The van der Waals surface area contributed by atoms with E-state index in [4.69, 9.17) is 0 Å². The van der Waals surface area contributed by atoms with E-state index in [-0.39, 0.29) is 5.82 Å². The molecule has 0 bridgehead atoms. The maximum atomic E-state index is 13.7. The first-order chi connectivity index (χ1) is 9.15. The highest BCUT2D eigenvalue weighted by Gasteiger charge is 2.18. The molecule has 4 heteroatoms. The molecule has 1 aromatic heterocycles. The summed E-state index contributed by atoms with van der Waals surface area (Å²) in [4.78, 5) is 4.55. The van der Waals surface area contributed by atoms with Gasteiger partial charge in [0.25, 0.3) is 0 Å². The Hall–Kier alpha value is -1.71. The van der Waals surface area contributed by atoms with Gasteiger partial charge in [-0.05, 0) is 50.8 Å². The van der Waals surface area contributed by atoms with E-state index in [1.54, 1.807) is 0 Å². The molecule has 3 rings (SSSR count). The van der Waals surface area contributed by atoms with Crippen molar-refractivity contribution in [1.29, 1.82) is 0 Å². The van der Waals surface area contributed by atoms with Crippen LogP contribution < -0.4 is 0 Å². The zero-order valence-electron chi connectivity index (χ0n) is 10.9. The number of benzene rings is 1. The minimum Gasteiger partial charge on any atom is -0.327 e. The third-order valence-electron chi connectivity index (χ3n) is 3.76. The van der Waals surface area contributed by atoms with Gasteiger partial charge in [0.05, 0.1) is 12.2 Å². The third kappa shape index (κ3) is 2.27. The highest BCUT2D eigenvalue weighted by molar-refractivity contribution is 5.24. The van der Waals surface area contributed by atoms with Crippen molar-refractivity contribution in [2.24, 2.45) is 0 Å². The molecule has 1 heterocycles. The van der Waals surface area contributed by atoms with Crippen molar-refractivity contribution in [3.8, 4) is 0 Å². The summed E-state index contributed by atoms with van der Waals surface area (Å²) in [5, 5.41) is 0. The van der Waals surface area contributed by atoms with Gasteiger partial charge in [0, 0.05) is 11.3 Å². The van der Waals surface area contributed by atoms with Crippen LogP contribution in [0, 0.1) is 18.6 Å². The van der Waals surface area contributed by atoms with Gasteiger partial charge >= 0.3 is 0 Å². The predicted octanol–water partition coefficient (Wildman–Crippen LogP) is 3.40. The standard InChI is InChI=1S/C15H16F2N2/c1-10-18-14-4-2-3-5-15(14)19(10)9-11-8-12(16)6-7-13(11)17/h6-8H,2-5,9H2,1H3. The van der Waals surface area contributed by atoms with Crippen LogP contribution in [0.15, 0.2) is 18.2 Å². The van der Waals surface area contributed by atoms with E-state index in [9.17, 15) is 8.78 Å². The third-order valence-corrected chi connectivity index (χ3v) is 3.76. The number of rotatable bonds is 2. The highest BCUT2D eigenvalue weighted by atomic mass is 19.1. The van der Waals surface area contributed by atoms with Crippen molar-refractivity contribution in [2.45, 2.75) is 39.2 Å². The lowest BCUT2D eigenvalue weighted by atomic mass is 10.0. The molecule has 2 aromatic rings. The van der Waals surface area contributed by atoms with Gasteiger partial charge in [0.2, 0.25) is 0 Å². The molecule has 0 radical (unpaired) electrons. The van der Waals surface area contributed by atoms with Crippen LogP contribution in [0.5, 0.6) is 0 Å². The minimum absolute atomic E-state index is 0.359. The predicted molar refractivity (Wildman–Crippen MR) is 69.1 cm³/mol. The summed E-state index contributed by atoms with van der Waals surface area (Å²) in [6, 6.07) is 3.60. The molecular formula is C15H16F2N2. The lowest BCUT2D eigenvalue weighted by Crippen LogP contribution is -2.11. The monoisotopic (exact) mass is 262 g/mol. The van der Waals surface area contributed by atoms with Gasteiger partial charge in [-0.2, -0.15) is 0 Å². The Labute approximate surface area is 111 Å². The van der Waals surface area contributed by atoms with Gasteiger partial charge in [-0.1, -0.05) is 0 Å². The van der Waals surface area contributed by atoms with E-state index in [2.05, 4.69) is 4.98 Å². The molecule has 19 heavy (non-hydrogen) atoms. The van der Waals surface area contributed by atoms with Crippen LogP contribution in [0.4, 0.5) is 8.78 Å². The lowest BCUT2D eigenvalue weighted by molar-refractivity contribution is 0.566. The number of aryl methyl sites for hydroxylation is 2. The summed E-state index contributed by atoms with van der Waals surface area (Å²) in [7, 11) is 0. The molecule has 0 fully saturated rings. The summed E-state index contributed by atoms with van der Waals surface area (Å²) in [6.45, 7) is 2.29. The number of aromatic nitrogens is 2. The van der Waals surface area contributed by atoms with Gasteiger partial charge < -0.3 is 4.57 Å². The fraction of sp³-hybridized carbons (Fsp3) is 0.400. The lowest BCUT2D eigenvalue weighted by Gasteiger charge is -2.15. The second-order valence-electron chi connectivity index (χ2n) is 5.08. The molecule has 0 aliphatic heterocycles. The van der Waals surface area contributed by atoms with E-state index >= 15 is 0 Å². The Morgan fingerprint density at radius 2 is 2.00 bits per heavy atom. The van der Waals surface area contributed by atoms with E-state index in [1.165, 1.54) is 17.8 Å². The Kier molecular flexibility index (Phi) is 3.09. The van der Waals surface area contributed by atoms with Gasteiger partial charge in [-0.25, -0.2) is 13.8 Å². The maximum Gasteiger partial charge on any atom is 0.128 e. The van der Waals surface area contributed by atoms with Gasteiger partial charge in [0.15, 0.2) is 0 Å². The molecule has 0 N–H and O–H groups in total. The molecule has 0 amide bonds. The van der Waals surface area contributed by atoms with E-state index in [0.29, 0.717) is 12.1 Å². The summed E-state index contributed by atoms with van der Waals surface area (Å²) in [5.41, 5.74) is 2.70. The fourth-order valence-electron chi connectivity index (χ4n) is 2.78. The minimum atomic E-state index is -0.400. The molecule has 0 unspecified atom stereocenters. The van der Waals surface area contributed by atoms with Crippen LogP contribution in [0.25, 0.3) is 0 Å². The van der Waals surface area contributed by atoms with E-state index in [0.717, 1.165) is 43.3 Å². The highest BCUT2D eigenvalue weighted by Crippen LogP contribution is 2.23. The van der Waals surface area contributed by atoms with Crippen LogP contribution in [-0.2, 0) is 19.4 Å². The first-order valence-electron chi connectivity index (χ1n) is 6.64. The first-order valence-corrected chi connectivity index (χ1v) is 6.64. The van der Waals surface area contributed by atoms with Crippen molar-refractivity contribution in [2.75, 3.05) is 0 Å². The van der Waals surface area contributed by atoms with E-state index < -0.39 is 5.82 Å². The van der Waals surface area contributed by atoms with Gasteiger partial charge in [-0.15, -0.1) is 0 Å². The fourth-order valence-corrected chi connectivity index (χ4v) is 2.78. The quantitative estimate of drug-likeness (QED) is 0.811. The van der Waals surface area contributed by atoms with Crippen LogP contribution in [0.3, 0.4) is 0 Å². The molecule has 0 spiro atoms. The average Bonchev–Trinajstić information content (AvgIpc) is 2.71. The molecule has 2 nitrogen and oxygen atoms in total. The van der Waals surface area contributed by atoms with Gasteiger partial charge in [0.1, 0.15) is 17.5 Å². The second-order valence-corrected chi connectivity index (χ2v) is 5.08. The molecule has 1 aliphatic rings. The van der Waals surface area contributed by atoms with Crippen molar-refractivity contribution in [3.63, 3.8) is 0 Å². The summed E-state index contributed by atoms with van der Waals surface area (Å²) >= 11 is 0. The molecule has 1 aromatic carbocycles. The first kappa shape index (κ1) is 12.3. The Bertz CT molecular complexity index is 617. The molecular weight excluding hydrogens is 246 g/mol.